The van der Waals surface area contributed by atoms with Crippen LogP contribution in [-0.4, -0.2) is 17.6 Å². The van der Waals surface area contributed by atoms with Gasteiger partial charge in [0.1, 0.15) is 11.6 Å². The number of para-hydroxylation sites is 1. The van der Waals surface area contributed by atoms with Crippen LogP contribution in [0.5, 0.6) is 11.5 Å². The van der Waals surface area contributed by atoms with Crippen LogP contribution in [0.25, 0.3) is 0 Å². The molecule has 0 saturated heterocycles. The number of aromatic nitrogens is 1. The second-order valence-corrected chi connectivity index (χ2v) is 5.91. The molecular formula is C16H22N2O2S. The molecule has 21 heavy (non-hydrogen) atoms. The van der Waals surface area contributed by atoms with Crippen molar-refractivity contribution in [2.45, 2.75) is 40.0 Å². The van der Waals surface area contributed by atoms with Gasteiger partial charge in [0.25, 0.3) is 0 Å². The van der Waals surface area contributed by atoms with E-state index in [9.17, 15) is 0 Å². The van der Waals surface area contributed by atoms with Gasteiger partial charge in [-0.15, -0.1) is 11.3 Å². The normalized spacial score (nSPS) is 10.9. The first-order chi connectivity index (χ1) is 10.2. The van der Waals surface area contributed by atoms with Crippen molar-refractivity contribution in [2.75, 3.05) is 6.61 Å². The van der Waals surface area contributed by atoms with Crippen LogP contribution < -0.4 is 14.8 Å². The summed E-state index contributed by atoms with van der Waals surface area (Å²) >= 11 is 1.59. The number of benzene rings is 1. The Hall–Kier alpha value is -1.59. The van der Waals surface area contributed by atoms with Gasteiger partial charge in [0, 0.05) is 29.7 Å². The van der Waals surface area contributed by atoms with Gasteiger partial charge < -0.3 is 14.8 Å². The van der Waals surface area contributed by atoms with Gasteiger partial charge in [-0.25, -0.2) is 4.98 Å². The zero-order chi connectivity index (χ0) is 15.1. The minimum Gasteiger partial charge on any atom is -0.490 e. The second-order valence-electron chi connectivity index (χ2n) is 4.93. The maximum Gasteiger partial charge on any atom is 0.166 e. The lowest BCUT2D eigenvalue weighted by Crippen LogP contribution is -2.22. The van der Waals surface area contributed by atoms with Crippen molar-refractivity contribution in [3.63, 3.8) is 0 Å². The van der Waals surface area contributed by atoms with Gasteiger partial charge in [-0.3, -0.25) is 0 Å². The number of ether oxygens (including phenoxy) is 2. The van der Waals surface area contributed by atoms with Crippen LogP contribution in [0.2, 0.25) is 0 Å². The summed E-state index contributed by atoms with van der Waals surface area (Å²) in [5.41, 5.74) is 1.10. The van der Waals surface area contributed by atoms with Crippen LogP contribution >= 0.6 is 11.3 Å². The molecule has 0 spiro atoms. The summed E-state index contributed by atoms with van der Waals surface area (Å²) in [6.45, 7) is 8.07. The number of nitrogens with zero attached hydrogens (tertiary/aromatic N) is 1. The third-order valence-electron chi connectivity index (χ3n) is 2.88. The van der Waals surface area contributed by atoms with Gasteiger partial charge >= 0.3 is 0 Å². The van der Waals surface area contributed by atoms with Crippen molar-refractivity contribution >= 4 is 11.3 Å². The van der Waals surface area contributed by atoms with E-state index < -0.39 is 0 Å². The number of nitrogens with one attached hydrogen (secondary N) is 1. The molecule has 1 aromatic heterocycles. The summed E-state index contributed by atoms with van der Waals surface area (Å²) in [4.78, 5) is 4.25. The highest BCUT2D eigenvalue weighted by molar-refractivity contribution is 7.09. The Balaban J connectivity index is 2.16. The monoisotopic (exact) mass is 306 g/mol. The van der Waals surface area contributed by atoms with Crippen molar-refractivity contribution in [3.8, 4) is 11.5 Å². The number of thiazole rings is 1. The summed E-state index contributed by atoms with van der Waals surface area (Å²) in [5, 5.41) is 6.33. The molecular weight excluding hydrogens is 284 g/mol. The van der Waals surface area contributed by atoms with Crippen LogP contribution in [0.1, 0.15) is 31.3 Å². The van der Waals surface area contributed by atoms with Crippen LogP contribution in [0, 0.1) is 0 Å². The molecule has 4 nitrogen and oxygen atoms in total. The average molecular weight is 306 g/mol. The maximum absolute atomic E-state index is 5.98. The third-order valence-corrected chi connectivity index (χ3v) is 3.64. The van der Waals surface area contributed by atoms with E-state index in [-0.39, 0.29) is 0 Å². The van der Waals surface area contributed by atoms with Crippen LogP contribution in [0.3, 0.4) is 0 Å². The average Bonchev–Trinajstić information content (AvgIpc) is 2.97. The first-order valence-electron chi connectivity index (χ1n) is 7.20. The molecule has 0 aliphatic carbocycles. The SMILES string of the molecule is CCOc1cccc(CNC(C)C)c1OCc1nccs1. The summed E-state index contributed by atoms with van der Waals surface area (Å²) in [7, 11) is 0. The molecule has 0 fully saturated rings. The van der Waals surface area contributed by atoms with Crippen molar-refractivity contribution in [2.24, 2.45) is 0 Å². The first-order valence-corrected chi connectivity index (χ1v) is 8.08. The van der Waals surface area contributed by atoms with Gasteiger partial charge in [-0.1, -0.05) is 26.0 Å². The molecule has 1 heterocycles. The number of hydrogen-bond donors (Lipinski definition) is 1. The molecule has 1 aromatic carbocycles. The molecule has 114 valence electrons. The summed E-state index contributed by atoms with van der Waals surface area (Å²) in [6.07, 6.45) is 1.79. The van der Waals surface area contributed by atoms with Crippen molar-refractivity contribution in [1.29, 1.82) is 0 Å². The predicted molar refractivity (Wildman–Crippen MR) is 86.0 cm³/mol. The highest BCUT2D eigenvalue weighted by Gasteiger charge is 2.12. The molecule has 0 aliphatic heterocycles. The molecule has 5 heteroatoms. The van der Waals surface area contributed by atoms with Crippen LogP contribution in [0.15, 0.2) is 29.8 Å². The quantitative estimate of drug-likeness (QED) is 0.809. The minimum atomic E-state index is 0.424. The summed E-state index contributed by atoms with van der Waals surface area (Å²) in [6, 6.07) is 6.43. The number of rotatable bonds is 8. The van der Waals surface area contributed by atoms with Crippen molar-refractivity contribution in [3.05, 3.63) is 40.3 Å². The van der Waals surface area contributed by atoms with E-state index in [1.54, 1.807) is 17.5 Å². The highest BCUT2D eigenvalue weighted by Crippen LogP contribution is 2.32. The van der Waals surface area contributed by atoms with E-state index in [1.165, 1.54) is 0 Å². The maximum atomic E-state index is 5.98. The fraction of sp³-hybridized carbons (Fsp3) is 0.438. The molecule has 2 rings (SSSR count). The van der Waals surface area contributed by atoms with E-state index in [4.69, 9.17) is 9.47 Å². The lowest BCUT2D eigenvalue weighted by Gasteiger charge is -2.16. The lowest BCUT2D eigenvalue weighted by atomic mass is 10.1. The van der Waals surface area contributed by atoms with E-state index in [0.717, 1.165) is 28.6 Å². The van der Waals surface area contributed by atoms with E-state index >= 15 is 0 Å². The molecule has 0 aliphatic rings. The molecule has 0 unspecified atom stereocenters. The van der Waals surface area contributed by atoms with Crippen molar-refractivity contribution in [1.82, 2.24) is 10.3 Å². The molecule has 0 atom stereocenters. The Morgan fingerprint density at radius 1 is 1.29 bits per heavy atom. The lowest BCUT2D eigenvalue weighted by molar-refractivity contribution is 0.265. The van der Waals surface area contributed by atoms with Gasteiger partial charge in [-0.05, 0) is 13.0 Å². The van der Waals surface area contributed by atoms with Gasteiger partial charge in [0.15, 0.2) is 11.5 Å². The smallest absolute Gasteiger partial charge is 0.166 e. The molecule has 1 N–H and O–H groups in total. The highest BCUT2D eigenvalue weighted by atomic mass is 32.1. The Morgan fingerprint density at radius 3 is 2.81 bits per heavy atom. The molecule has 0 amide bonds. The van der Waals surface area contributed by atoms with Crippen LogP contribution in [0.4, 0.5) is 0 Å². The minimum absolute atomic E-state index is 0.424. The number of hydrogen-bond acceptors (Lipinski definition) is 5. The summed E-state index contributed by atoms with van der Waals surface area (Å²) in [5.74, 6) is 1.60. The Labute approximate surface area is 130 Å². The van der Waals surface area contributed by atoms with Gasteiger partial charge in [0.2, 0.25) is 0 Å². The molecule has 0 saturated carbocycles. The largest absolute Gasteiger partial charge is 0.490 e. The standard InChI is InChI=1S/C16H22N2O2S/c1-4-19-14-7-5-6-13(10-18-12(2)3)16(14)20-11-15-17-8-9-21-15/h5-9,12,18H,4,10-11H2,1-3H3. The molecule has 2 aromatic rings. The van der Waals surface area contributed by atoms with Gasteiger partial charge in [0.05, 0.1) is 6.61 Å². The summed E-state index contributed by atoms with van der Waals surface area (Å²) < 4.78 is 11.7. The Kier molecular flexibility index (Phi) is 6.02. The first kappa shape index (κ1) is 15.8. The third kappa shape index (κ3) is 4.72. The molecule has 0 bridgehead atoms. The predicted octanol–water partition coefficient (Wildman–Crippen LogP) is 3.62. The van der Waals surface area contributed by atoms with Crippen molar-refractivity contribution < 1.29 is 9.47 Å². The van der Waals surface area contributed by atoms with E-state index in [1.807, 2.05) is 24.4 Å². The van der Waals surface area contributed by atoms with Crippen LogP contribution in [-0.2, 0) is 13.2 Å². The topological polar surface area (TPSA) is 43.4 Å². The van der Waals surface area contributed by atoms with E-state index in [0.29, 0.717) is 19.3 Å². The Bertz CT molecular complexity index is 541. The molecule has 0 radical (unpaired) electrons. The zero-order valence-corrected chi connectivity index (χ0v) is 13.6. The van der Waals surface area contributed by atoms with Gasteiger partial charge in [-0.2, -0.15) is 0 Å². The fourth-order valence-corrected chi connectivity index (χ4v) is 2.43. The van der Waals surface area contributed by atoms with E-state index in [2.05, 4.69) is 30.2 Å². The zero-order valence-electron chi connectivity index (χ0n) is 12.8. The Morgan fingerprint density at radius 2 is 2.14 bits per heavy atom. The fourth-order valence-electron chi connectivity index (χ4n) is 1.91. The second kappa shape index (κ2) is 8.00.